The highest BCUT2D eigenvalue weighted by Gasteiger charge is 2.48. The number of benzene rings is 1. The van der Waals surface area contributed by atoms with Crippen molar-refractivity contribution in [2.24, 2.45) is 5.41 Å². The van der Waals surface area contributed by atoms with Crippen molar-refractivity contribution in [2.75, 3.05) is 24.1 Å². The van der Waals surface area contributed by atoms with Gasteiger partial charge >= 0.3 is 6.18 Å². The number of halogens is 3. The molecule has 9 nitrogen and oxygen atoms in total. The maximum atomic E-state index is 13.1. The van der Waals surface area contributed by atoms with Crippen LogP contribution in [0.3, 0.4) is 0 Å². The predicted molar refractivity (Wildman–Crippen MR) is 146 cm³/mol. The molecule has 2 amide bonds. The summed E-state index contributed by atoms with van der Waals surface area (Å²) in [6, 6.07) is 9.96. The van der Waals surface area contributed by atoms with Crippen molar-refractivity contribution in [3.05, 3.63) is 71.7 Å². The Kier molecular flexibility index (Phi) is 6.43. The Hall–Kier alpha value is -4.48. The number of carbonyl (C=O) groups is 2. The Morgan fingerprint density at radius 3 is 2.51 bits per heavy atom. The van der Waals surface area contributed by atoms with Gasteiger partial charge in [0, 0.05) is 47.8 Å². The summed E-state index contributed by atoms with van der Waals surface area (Å²) >= 11 is 0. The minimum Gasteiger partial charge on any atom is -0.382 e. The number of pyridine rings is 2. The van der Waals surface area contributed by atoms with E-state index in [1.165, 1.54) is 0 Å². The van der Waals surface area contributed by atoms with Crippen molar-refractivity contribution in [1.82, 2.24) is 24.6 Å². The SMILES string of the molecule is CC1(C(=O)N2CCC[C@@H](c3nn(-c4ccc(C(=O)Nc5cc(C(F)(F)F)ccn5)cc4)c4c(N)nccc34)C2)CC1. The number of anilines is 2. The van der Waals surface area contributed by atoms with Gasteiger partial charge in [0.05, 0.1) is 16.9 Å². The summed E-state index contributed by atoms with van der Waals surface area (Å²) in [7, 11) is 0. The maximum absolute atomic E-state index is 13.1. The molecule has 1 saturated carbocycles. The van der Waals surface area contributed by atoms with E-state index in [-0.39, 0.29) is 28.6 Å². The molecular weight excluding hydrogens is 535 g/mol. The highest BCUT2D eigenvalue weighted by molar-refractivity contribution is 6.04. The quantitative estimate of drug-likeness (QED) is 0.346. The summed E-state index contributed by atoms with van der Waals surface area (Å²) in [6.07, 6.45) is 1.71. The summed E-state index contributed by atoms with van der Waals surface area (Å²) in [5.74, 6) is -0.266. The molecule has 1 atom stereocenters. The van der Waals surface area contributed by atoms with Crippen molar-refractivity contribution in [3.63, 3.8) is 0 Å². The topological polar surface area (TPSA) is 119 Å². The van der Waals surface area contributed by atoms with E-state index >= 15 is 0 Å². The molecule has 1 aliphatic heterocycles. The zero-order chi connectivity index (χ0) is 28.9. The van der Waals surface area contributed by atoms with Crippen LogP contribution >= 0.6 is 0 Å². The molecule has 2 fully saturated rings. The fourth-order valence-electron chi connectivity index (χ4n) is 5.39. The van der Waals surface area contributed by atoms with Crippen LogP contribution in [0.2, 0.25) is 0 Å². The van der Waals surface area contributed by atoms with Crippen LogP contribution in [0.25, 0.3) is 16.6 Å². The van der Waals surface area contributed by atoms with Gasteiger partial charge in [-0.2, -0.15) is 18.3 Å². The van der Waals surface area contributed by atoms with Crippen LogP contribution in [0.1, 0.15) is 60.1 Å². The lowest BCUT2D eigenvalue weighted by molar-refractivity contribution is -0.138. The number of piperidine rings is 1. The van der Waals surface area contributed by atoms with E-state index in [0.717, 1.165) is 61.6 Å². The van der Waals surface area contributed by atoms with E-state index < -0.39 is 17.6 Å². The largest absolute Gasteiger partial charge is 0.416 e. The minimum atomic E-state index is -4.55. The van der Waals surface area contributed by atoms with Crippen molar-refractivity contribution in [3.8, 4) is 5.69 Å². The van der Waals surface area contributed by atoms with Gasteiger partial charge in [-0.15, -0.1) is 0 Å². The van der Waals surface area contributed by atoms with Gasteiger partial charge < -0.3 is 16.0 Å². The second-order valence-corrected chi connectivity index (χ2v) is 11.0. The third-order valence-electron chi connectivity index (χ3n) is 7.96. The molecule has 1 aliphatic carbocycles. The Bertz CT molecular complexity index is 1640. The van der Waals surface area contributed by atoms with E-state index in [9.17, 15) is 22.8 Å². The number of nitrogen functional groups attached to an aromatic ring is 1. The molecule has 2 aliphatic rings. The smallest absolute Gasteiger partial charge is 0.382 e. The molecule has 3 N–H and O–H groups in total. The molecule has 212 valence electrons. The average Bonchev–Trinajstić information content (AvgIpc) is 3.59. The number of likely N-dealkylation sites (tertiary alicyclic amines) is 1. The van der Waals surface area contributed by atoms with E-state index in [4.69, 9.17) is 10.8 Å². The van der Waals surface area contributed by atoms with Gasteiger partial charge in [0.25, 0.3) is 5.91 Å². The summed E-state index contributed by atoms with van der Waals surface area (Å²) in [4.78, 5) is 35.8. The number of nitrogens with zero attached hydrogens (tertiary/aromatic N) is 5. The Labute approximate surface area is 233 Å². The van der Waals surface area contributed by atoms with Crippen LogP contribution in [-0.4, -0.2) is 49.6 Å². The van der Waals surface area contributed by atoms with Crippen molar-refractivity contribution >= 4 is 34.4 Å². The van der Waals surface area contributed by atoms with Gasteiger partial charge in [0.1, 0.15) is 17.2 Å². The molecule has 4 aromatic rings. The molecule has 6 rings (SSSR count). The van der Waals surface area contributed by atoms with E-state index in [1.54, 1.807) is 35.1 Å². The number of rotatable bonds is 5. The highest BCUT2D eigenvalue weighted by Crippen LogP contribution is 2.47. The lowest BCUT2D eigenvalue weighted by Crippen LogP contribution is -2.42. The predicted octanol–water partition coefficient (Wildman–Crippen LogP) is 5.17. The lowest BCUT2D eigenvalue weighted by atomic mass is 9.92. The van der Waals surface area contributed by atoms with Gasteiger partial charge in [-0.05, 0) is 68.1 Å². The number of aromatic nitrogens is 4. The third kappa shape index (κ3) is 5.09. The number of hydrogen-bond acceptors (Lipinski definition) is 6. The summed E-state index contributed by atoms with van der Waals surface area (Å²) in [6.45, 7) is 3.35. The van der Waals surface area contributed by atoms with E-state index in [0.29, 0.717) is 23.6 Å². The molecule has 3 aromatic heterocycles. The molecule has 12 heteroatoms. The van der Waals surface area contributed by atoms with Gasteiger partial charge in [-0.1, -0.05) is 6.92 Å². The second-order valence-electron chi connectivity index (χ2n) is 11.0. The van der Waals surface area contributed by atoms with Gasteiger partial charge in [-0.25, -0.2) is 14.6 Å². The monoisotopic (exact) mass is 563 g/mol. The summed E-state index contributed by atoms with van der Waals surface area (Å²) < 4.78 is 40.7. The van der Waals surface area contributed by atoms with Crippen LogP contribution in [-0.2, 0) is 11.0 Å². The van der Waals surface area contributed by atoms with Crippen molar-refractivity contribution < 1.29 is 22.8 Å². The Morgan fingerprint density at radius 2 is 1.80 bits per heavy atom. The number of fused-ring (bicyclic) bond motifs is 1. The Balaban J connectivity index is 1.27. The van der Waals surface area contributed by atoms with Gasteiger partial charge in [0.2, 0.25) is 5.91 Å². The summed E-state index contributed by atoms with van der Waals surface area (Å²) in [5.41, 5.74) is 7.48. The number of nitrogens with one attached hydrogen (secondary N) is 1. The van der Waals surface area contributed by atoms with Crippen LogP contribution in [0.4, 0.5) is 24.8 Å². The molecular formula is C29H28F3N7O2. The van der Waals surface area contributed by atoms with Crippen LogP contribution in [0.15, 0.2) is 54.9 Å². The molecule has 1 saturated heterocycles. The van der Waals surface area contributed by atoms with Gasteiger partial charge in [0.15, 0.2) is 0 Å². The first-order chi connectivity index (χ1) is 19.5. The number of hydrogen-bond donors (Lipinski definition) is 2. The first-order valence-electron chi connectivity index (χ1n) is 13.4. The zero-order valence-corrected chi connectivity index (χ0v) is 22.3. The standard InChI is InChI=1S/C29H28F3N7O2/c1-28(10-11-28)27(41)38-14-2-3-18(16-38)23-21-9-13-35-25(33)24(21)39(37-23)20-6-4-17(5-7-20)26(40)36-22-15-19(8-12-34-22)29(30,31)32/h4-9,12-13,15,18H,2-3,10-11,14,16H2,1H3,(H2,33,35)(H,34,36,40)/t18-/m1/s1. The molecule has 41 heavy (non-hydrogen) atoms. The molecule has 1 aromatic carbocycles. The van der Waals surface area contributed by atoms with Crippen molar-refractivity contribution in [2.45, 2.75) is 44.7 Å². The normalized spacial score (nSPS) is 18.3. The molecule has 0 radical (unpaired) electrons. The molecule has 4 heterocycles. The average molecular weight is 564 g/mol. The van der Waals surface area contributed by atoms with Gasteiger partial charge in [-0.3, -0.25) is 9.59 Å². The lowest BCUT2D eigenvalue weighted by Gasteiger charge is -2.34. The van der Waals surface area contributed by atoms with Crippen LogP contribution in [0.5, 0.6) is 0 Å². The molecule has 0 bridgehead atoms. The van der Waals surface area contributed by atoms with E-state index in [1.807, 2.05) is 17.9 Å². The van der Waals surface area contributed by atoms with Crippen molar-refractivity contribution in [1.29, 1.82) is 0 Å². The van der Waals surface area contributed by atoms with E-state index in [2.05, 4.69) is 15.3 Å². The first kappa shape index (κ1) is 26.7. The fraction of sp³-hybridized carbons (Fsp3) is 0.345. The number of nitrogens with two attached hydrogens (primary N) is 1. The fourth-order valence-corrected chi connectivity index (χ4v) is 5.39. The van der Waals surface area contributed by atoms with Crippen LogP contribution in [0, 0.1) is 5.41 Å². The molecule has 0 spiro atoms. The number of amides is 2. The third-order valence-corrected chi connectivity index (χ3v) is 7.96. The Morgan fingerprint density at radius 1 is 1.07 bits per heavy atom. The summed E-state index contributed by atoms with van der Waals surface area (Å²) in [5, 5.41) is 8.20. The molecule has 0 unspecified atom stereocenters. The van der Waals surface area contributed by atoms with Crippen LogP contribution < -0.4 is 11.1 Å². The number of carbonyl (C=O) groups excluding carboxylic acids is 2. The zero-order valence-electron chi connectivity index (χ0n) is 22.3. The maximum Gasteiger partial charge on any atom is 0.416 e. The number of alkyl halides is 3. The first-order valence-corrected chi connectivity index (χ1v) is 13.4. The highest BCUT2D eigenvalue weighted by atomic mass is 19.4. The second kappa shape index (κ2) is 9.86. The minimum absolute atomic E-state index is 0.0330.